The Hall–Kier alpha value is -1.83. The predicted molar refractivity (Wildman–Crippen MR) is 114 cm³/mol. The van der Waals surface area contributed by atoms with E-state index in [0.717, 1.165) is 5.71 Å². The zero-order chi connectivity index (χ0) is 22.7. The van der Waals surface area contributed by atoms with Gasteiger partial charge in [0.2, 0.25) is 0 Å². The lowest BCUT2D eigenvalue weighted by molar-refractivity contribution is -0.449. The second kappa shape index (κ2) is 7.64. The normalized spacial score (nSPS) is 20.8. The average Bonchev–Trinajstić information content (AvgIpc) is 2.95. The minimum atomic E-state index is -3.09. The van der Waals surface area contributed by atoms with Crippen LogP contribution in [0.15, 0.2) is 18.2 Å². The molecule has 0 saturated carbocycles. The SMILES string of the molecule is CC1=[N+](C(=O)c2ccc(Cl)c(Cl)c2)Cc2c(nn3c2C(F)(F)CC[C@@H](C(C)(C)O)C3)C1. The highest BCUT2D eigenvalue weighted by Gasteiger charge is 2.47. The molecule has 2 aliphatic heterocycles. The van der Waals surface area contributed by atoms with E-state index in [-0.39, 0.29) is 48.5 Å². The summed E-state index contributed by atoms with van der Waals surface area (Å²) in [5, 5.41) is 15.5. The lowest BCUT2D eigenvalue weighted by Gasteiger charge is -2.28. The zero-order valence-corrected chi connectivity index (χ0v) is 19.1. The van der Waals surface area contributed by atoms with Gasteiger partial charge in [0.05, 0.1) is 38.9 Å². The highest BCUT2D eigenvalue weighted by molar-refractivity contribution is 6.42. The summed E-state index contributed by atoms with van der Waals surface area (Å²) in [5.41, 5.74) is 0.765. The van der Waals surface area contributed by atoms with Crippen LogP contribution in [0.1, 0.15) is 60.9 Å². The number of rotatable bonds is 2. The number of nitrogens with zero attached hydrogens (tertiary/aromatic N) is 3. The van der Waals surface area contributed by atoms with Crippen molar-refractivity contribution < 1.29 is 23.3 Å². The van der Waals surface area contributed by atoms with E-state index >= 15 is 8.78 Å². The summed E-state index contributed by atoms with van der Waals surface area (Å²) < 4.78 is 33.2. The van der Waals surface area contributed by atoms with Gasteiger partial charge in [0.15, 0.2) is 12.3 Å². The molecular weight excluding hydrogens is 447 g/mol. The number of carbonyl (C=O) groups excluding carboxylic acids is 1. The van der Waals surface area contributed by atoms with Crippen LogP contribution in [0.5, 0.6) is 0 Å². The van der Waals surface area contributed by atoms with Crippen LogP contribution in [0, 0.1) is 5.92 Å². The Kier molecular flexibility index (Phi) is 5.51. The first kappa shape index (κ1) is 22.4. The summed E-state index contributed by atoms with van der Waals surface area (Å²) in [6, 6.07) is 4.59. The molecule has 31 heavy (non-hydrogen) atoms. The van der Waals surface area contributed by atoms with Gasteiger partial charge in [-0.2, -0.15) is 18.5 Å². The van der Waals surface area contributed by atoms with Gasteiger partial charge in [0, 0.05) is 25.8 Å². The van der Waals surface area contributed by atoms with Crippen molar-refractivity contribution in [1.29, 1.82) is 0 Å². The van der Waals surface area contributed by atoms with Gasteiger partial charge >= 0.3 is 5.91 Å². The molecule has 166 valence electrons. The second-order valence-electron chi connectivity index (χ2n) is 8.98. The fourth-order valence-electron chi connectivity index (χ4n) is 4.41. The Morgan fingerprint density at radius 2 is 2.03 bits per heavy atom. The molecule has 5 nitrogen and oxygen atoms in total. The number of carbonyl (C=O) groups is 1. The fraction of sp³-hybridized carbons (Fsp3) is 0.500. The number of halogens is 4. The third kappa shape index (κ3) is 4.03. The molecule has 0 radical (unpaired) electrons. The maximum Gasteiger partial charge on any atom is 0.419 e. The van der Waals surface area contributed by atoms with E-state index in [9.17, 15) is 9.90 Å². The molecule has 0 aliphatic carbocycles. The highest BCUT2D eigenvalue weighted by Crippen LogP contribution is 2.43. The van der Waals surface area contributed by atoms with Crippen LogP contribution in [0.25, 0.3) is 0 Å². The second-order valence-corrected chi connectivity index (χ2v) is 9.80. The Morgan fingerprint density at radius 1 is 1.32 bits per heavy atom. The summed E-state index contributed by atoms with van der Waals surface area (Å²) in [6.07, 6.45) is 0.112. The summed E-state index contributed by atoms with van der Waals surface area (Å²) in [5.74, 6) is -3.77. The third-order valence-electron chi connectivity index (χ3n) is 6.29. The first-order valence-corrected chi connectivity index (χ1v) is 10.9. The van der Waals surface area contributed by atoms with Crippen molar-refractivity contribution in [1.82, 2.24) is 9.78 Å². The van der Waals surface area contributed by atoms with Crippen molar-refractivity contribution in [2.45, 2.75) is 64.6 Å². The van der Waals surface area contributed by atoms with Crippen molar-refractivity contribution in [3.63, 3.8) is 0 Å². The molecule has 1 aromatic heterocycles. The summed E-state index contributed by atoms with van der Waals surface area (Å²) in [4.78, 5) is 13.1. The van der Waals surface area contributed by atoms with E-state index in [4.69, 9.17) is 23.2 Å². The fourth-order valence-corrected chi connectivity index (χ4v) is 4.71. The van der Waals surface area contributed by atoms with Gasteiger partial charge in [0.25, 0.3) is 5.92 Å². The smallest absolute Gasteiger partial charge is 0.390 e. The largest absolute Gasteiger partial charge is 0.419 e. The number of aliphatic hydroxyl groups is 1. The predicted octanol–water partition coefficient (Wildman–Crippen LogP) is 4.83. The molecule has 2 aromatic rings. The molecule has 4 rings (SSSR count). The molecule has 0 spiro atoms. The van der Waals surface area contributed by atoms with E-state index in [1.807, 2.05) is 0 Å². The molecular formula is C22H24Cl2F2N3O2+. The number of benzene rings is 1. The number of amides is 1. The van der Waals surface area contributed by atoms with Gasteiger partial charge in [-0.1, -0.05) is 23.2 Å². The Morgan fingerprint density at radius 3 is 2.68 bits per heavy atom. The molecule has 0 bridgehead atoms. The van der Waals surface area contributed by atoms with Gasteiger partial charge in [0.1, 0.15) is 5.69 Å². The summed E-state index contributed by atoms with van der Waals surface area (Å²) in [7, 11) is 0. The Bertz CT molecular complexity index is 1100. The van der Waals surface area contributed by atoms with E-state index < -0.39 is 11.5 Å². The number of hydrogen-bond acceptors (Lipinski definition) is 3. The van der Waals surface area contributed by atoms with Gasteiger partial charge < -0.3 is 5.11 Å². The molecule has 0 saturated heterocycles. The van der Waals surface area contributed by atoms with Crippen molar-refractivity contribution >= 4 is 34.8 Å². The average molecular weight is 471 g/mol. The van der Waals surface area contributed by atoms with Crippen molar-refractivity contribution in [2.24, 2.45) is 5.92 Å². The minimum absolute atomic E-state index is 0.0123. The van der Waals surface area contributed by atoms with Crippen LogP contribution in [-0.4, -0.2) is 36.7 Å². The van der Waals surface area contributed by atoms with Crippen molar-refractivity contribution in [3.8, 4) is 0 Å². The van der Waals surface area contributed by atoms with Gasteiger partial charge in [-0.15, -0.1) is 0 Å². The van der Waals surface area contributed by atoms with Crippen molar-refractivity contribution in [3.05, 3.63) is 50.8 Å². The zero-order valence-electron chi connectivity index (χ0n) is 17.6. The van der Waals surface area contributed by atoms with E-state index in [1.54, 1.807) is 32.9 Å². The number of aromatic nitrogens is 2. The first-order chi connectivity index (χ1) is 14.4. The molecule has 0 unspecified atom stereocenters. The number of fused-ring (bicyclic) bond motifs is 3. The van der Waals surface area contributed by atoms with E-state index in [0.29, 0.717) is 28.3 Å². The maximum absolute atomic E-state index is 15.2. The van der Waals surface area contributed by atoms with Gasteiger partial charge in [-0.05, 0) is 38.5 Å². The van der Waals surface area contributed by atoms with Crippen LogP contribution < -0.4 is 0 Å². The van der Waals surface area contributed by atoms with Crippen LogP contribution in [0.4, 0.5) is 8.78 Å². The molecule has 9 heteroatoms. The van der Waals surface area contributed by atoms with E-state index in [2.05, 4.69) is 5.10 Å². The van der Waals surface area contributed by atoms with E-state index in [1.165, 1.54) is 15.3 Å². The molecule has 1 amide bonds. The summed E-state index contributed by atoms with van der Waals surface area (Å²) in [6.45, 7) is 5.29. The molecule has 1 atom stereocenters. The first-order valence-electron chi connectivity index (χ1n) is 10.2. The molecule has 0 fully saturated rings. The monoisotopic (exact) mass is 470 g/mol. The Labute approximate surface area is 189 Å². The van der Waals surface area contributed by atoms with Crippen LogP contribution in [-0.2, 0) is 25.4 Å². The topological polar surface area (TPSA) is 58.1 Å². The lowest BCUT2D eigenvalue weighted by atomic mass is 9.86. The van der Waals surface area contributed by atoms with Crippen LogP contribution >= 0.6 is 23.2 Å². The van der Waals surface area contributed by atoms with Crippen LogP contribution in [0.2, 0.25) is 10.0 Å². The number of hydrogen-bond donors (Lipinski definition) is 1. The molecule has 2 aliphatic rings. The summed E-state index contributed by atoms with van der Waals surface area (Å²) >= 11 is 12.0. The molecule has 1 aromatic carbocycles. The highest BCUT2D eigenvalue weighted by atomic mass is 35.5. The number of alkyl halides is 2. The Balaban J connectivity index is 1.73. The minimum Gasteiger partial charge on any atom is -0.390 e. The van der Waals surface area contributed by atoms with Gasteiger partial charge in [-0.3, -0.25) is 4.68 Å². The third-order valence-corrected chi connectivity index (χ3v) is 7.03. The maximum atomic E-state index is 15.2. The lowest BCUT2D eigenvalue weighted by Crippen LogP contribution is -2.33. The molecule has 1 N–H and O–H groups in total. The standard InChI is InChI=1S/C22H24Cl2F2N3O2/c1-12-8-18-15(11-28(12)20(30)13-4-5-16(23)17(24)9-13)19-22(25,26)7-6-14(21(2,3)31)10-29(19)27-18/h4-5,9,14,31H,6-8,10-11H2,1-3H3/q+1/t14-/m1/s1. The van der Waals surface area contributed by atoms with Gasteiger partial charge in [-0.25, -0.2) is 4.79 Å². The van der Waals surface area contributed by atoms with Crippen molar-refractivity contribution in [2.75, 3.05) is 0 Å². The quantitative estimate of drug-likeness (QED) is 0.639. The van der Waals surface area contributed by atoms with Crippen LogP contribution in [0.3, 0.4) is 0 Å². The molecule has 3 heterocycles.